The topological polar surface area (TPSA) is 81.0 Å². The summed E-state index contributed by atoms with van der Waals surface area (Å²) >= 11 is 0. The molecule has 0 aliphatic heterocycles. The first-order valence-electron chi connectivity index (χ1n) is 4.15. The number of aromatic amines is 1. The van der Waals surface area contributed by atoms with E-state index in [-0.39, 0.29) is 12.6 Å². The standard InChI is InChI=1S/C8H13N3O2/c1-2-6(9)4-13-8(12)7-3-10-5-11-7/h3,5-6H,2,4,9H2,1H3,(H,10,11)/t6-/m1/s1. The van der Waals surface area contributed by atoms with Crippen molar-refractivity contribution in [3.05, 3.63) is 18.2 Å². The lowest BCUT2D eigenvalue weighted by molar-refractivity contribution is 0.0473. The lowest BCUT2D eigenvalue weighted by Crippen LogP contribution is -2.26. The van der Waals surface area contributed by atoms with Gasteiger partial charge in [0.25, 0.3) is 0 Å². The summed E-state index contributed by atoms with van der Waals surface area (Å²) < 4.78 is 4.90. The molecular formula is C8H13N3O2. The number of carbonyl (C=O) groups excluding carboxylic acids is 1. The van der Waals surface area contributed by atoms with Crippen molar-refractivity contribution in [1.82, 2.24) is 9.97 Å². The molecule has 1 aromatic rings. The molecule has 5 nitrogen and oxygen atoms in total. The molecule has 0 saturated carbocycles. The molecule has 1 atom stereocenters. The van der Waals surface area contributed by atoms with Gasteiger partial charge in [-0.3, -0.25) is 0 Å². The van der Waals surface area contributed by atoms with Crippen LogP contribution in [0.4, 0.5) is 0 Å². The first kappa shape index (κ1) is 9.73. The number of aromatic nitrogens is 2. The Morgan fingerprint density at radius 1 is 1.85 bits per heavy atom. The minimum Gasteiger partial charge on any atom is -0.459 e. The lowest BCUT2D eigenvalue weighted by atomic mass is 10.3. The van der Waals surface area contributed by atoms with Gasteiger partial charge < -0.3 is 15.5 Å². The highest BCUT2D eigenvalue weighted by atomic mass is 16.5. The summed E-state index contributed by atoms with van der Waals surface area (Å²) in [7, 11) is 0. The molecule has 1 aromatic heterocycles. The summed E-state index contributed by atoms with van der Waals surface area (Å²) in [5.41, 5.74) is 5.92. The van der Waals surface area contributed by atoms with E-state index in [2.05, 4.69) is 9.97 Å². The quantitative estimate of drug-likeness (QED) is 0.658. The van der Waals surface area contributed by atoms with Gasteiger partial charge in [0.15, 0.2) is 0 Å². The first-order valence-corrected chi connectivity index (χ1v) is 4.15. The van der Waals surface area contributed by atoms with Gasteiger partial charge >= 0.3 is 5.97 Å². The fourth-order valence-corrected chi connectivity index (χ4v) is 0.746. The second-order valence-corrected chi connectivity index (χ2v) is 2.73. The van der Waals surface area contributed by atoms with Crippen molar-refractivity contribution in [2.75, 3.05) is 6.61 Å². The van der Waals surface area contributed by atoms with Gasteiger partial charge in [0.05, 0.1) is 12.5 Å². The molecule has 1 rings (SSSR count). The number of nitrogens with one attached hydrogen (secondary N) is 1. The molecule has 0 saturated heterocycles. The van der Waals surface area contributed by atoms with Gasteiger partial charge in [-0.05, 0) is 6.42 Å². The second-order valence-electron chi connectivity index (χ2n) is 2.73. The predicted molar refractivity (Wildman–Crippen MR) is 47.1 cm³/mol. The Morgan fingerprint density at radius 2 is 2.62 bits per heavy atom. The molecule has 0 amide bonds. The van der Waals surface area contributed by atoms with Crippen LogP contribution in [0.1, 0.15) is 23.8 Å². The maximum absolute atomic E-state index is 11.2. The second kappa shape index (κ2) is 4.61. The zero-order chi connectivity index (χ0) is 9.68. The van der Waals surface area contributed by atoms with Crippen molar-refractivity contribution in [2.24, 2.45) is 5.73 Å². The SMILES string of the molecule is CC[C@@H](N)COC(=O)c1cnc[nH]1. The van der Waals surface area contributed by atoms with Gasteiger partial charge in [-0.15, -0.1) is 0 Å². The van der Waals surface area contributed by atoms with Gasteiger partial charge in [-0.25, -0.2) is 9.78 Å². The van der Waals surface area contributed by atoms with E-state index in [1.165, 1.54) is 12.5 Å². The highest BCUT2D eigenvalue weighted by Crippen LogP contribution is 1.96. The molecule has 13 heavy (non-hydrogen) atoms. The van der Waals surface area contributed by atoms with Crippen molar-refractivity contribution < 1.29 is 9.53 Å². The molecule has 0 spiro atoms. The van der Waals surface area contributed by atoms with Crippen LogP contribution in [0.25, 0.3) is 0 Å². The van der Waals surface area contributed by atoms with Crippen molar-refractivity contribution in [2.45, 2.75) is 19.4 Å². The van der Waals surface area contributed by atoms with Crippen LogP contribution in [0.5, 0.6) is 0 Å². The van der Waals surface area contributed by atoms with E-state index in [0.29, 0.717) is 5.69 Å². The number of esters is 1. The number of hydrogen-bond donors (Lipinski definition) is 2. The molecule has 72 valence electrons. The average molecular weight is 183 g/mol. The molecule has 0 aliphatic carbocycles. The Bertz CT molecular complexity index is 258. The number of imidazole rings is 1. The van der Waals surface area contributed by atoms with Crippen LogP contribution in [-0.4, -0.2) is 28.6 Å². The van der Waals surface area contributed by atoms with Gasteiger partial charge in [0.1, 0.15) is 12.3 Å². The van der Waals surface area contributed by atoms with E-state index in [4.69, 9.17) is 10.5 Å². The van der Waals surface area contributed by atoms with E-state index in [9.17, 15) is 4.79 Å². The zero-order valence-electron chi connectivity index (χ0n) is 7.49. The monoisotopic (exact) mass is 183 g/mol. The van der Waals surface area contributed by atoms with Crippen LogP contribution in [0, 0.1) is 0 Å². The number of hydrogen-bond acceptors (Lipinski definition) is 4. The van der Waals surface area contributed by atoms with Crippen molar-refractivity contribution in [3.63, 3.8) is 0 Å². The van der Waals surface area contributed by atoms with Gasteiger partial charge in [-0.2, -0.15) is 0 Å². The largest absolute Gasteiger partial charge is 0.459 e. The zero-order valence-corrected chi connectivity index (χ0v) is 7.49. The van der Waals surface area contributed by atoms with E-state index in [1.807, 2.05) is 6.92 Å². The third-order valence-corrected chi connectivity index (χ3v) is 1.67. The normalized spacial score (nSPS) is 12.5. The van der Waals surface area contributed by atoms with E-state index < -0.39 is 5.97 Å². The maximum atomic E-state index is 11.2. The Morgan fingerprint density at radius 3 is 3.15 bits per heavy atom. The highest BCUT2D eigenvalue weighted by molar-refractivity contribution is 5.86. The highest BCUT2D eigenvalue weighted by Gasteiger charge is 2.09. The number of ether oxygens (including phenoxy) is 1. The number of H-pyrrole nitrogens is 1. The average Bonchev–Trinajstić information content (AvgIpc) is 2.66. The number of nitrogens with two attached hydrogens (primary N) is 1. The Balaban J connectivity index is 2.35. The Hall–Kier alpha value is -1.36. The molecule has 0 aromatic carbocycles. The molecule has 3 N–H and O–H groups in total. The lowest BCUT2D eigenvalue weighted by Gasteiger charge is -2.08. The van der Waals surface area contributed by atoms with Gasteiger partial charge in [-0.1, -0.05) is 6.92 Å². The van der Waals surface area contributed by atoms with Crippen molar-refractivity contribution in [3.8, 4) is 0 Å². The Labute approximate surface area is 76.3 Å². The summed E-state index contributed by atoms with van der Waals surface area (Å²) in [6.07, 6.45) is 3.63. The molecular weight excluding hydrogens is 170 g/mol. The first-order chi connectivity index (χ1) is 6.24. The summed E-state index contributed by atoms with van der Waals surface area (Å²) in [6.45, 7) is 2.18. The molecule has 0 unspecified atom stereocenters. The fraction of sp³-hybridized carbons (Fsp3) is 0.500. The van der Waals surface area contributed by atoms with E-state index >= 15 is 0 Å². The third-order valence-electron chi connectivity index (χ3n) is 1.67. The molecule has 0 radical (unpaired) electrons. The van der Waals surface area contributed by atoms with Crippen LogP contribution >= 0.6 is 0 Å². The van der Waals surface area contributed by atoms with Crippen LogP contribution in [0.15, 0.2) is 12.5 Å². The fourth-order valence-electron chi connectivity index (χ4n) is 0.746. The molecule has 0 fully saturated rings. The Kier molecular flexibility index (Phi) is 3.45. The van der Waals surface area contributed by atoms with Crippen molar-refractivity contribution in [1.29, 1.82) is 0 Å². The van der Waals surface area contributed by atoms with Gasteiger partial charge in [0.2, 0.25) is 0 Å². The van der Waals surface area contributed by atoms with E-state index in [0.717, 1.165) is 6.42 Å². The van der Waals surface area contributed by atoms with Crippen LogP contribution in [-0.2, 0) is 4.74 Å². The summed E-state index contributed by atoms with van der Waals surface area (Å²) in [4.78, 5) is 17.5. The molecule has 0 aliphatic rings. The maximum Gasteiger partial charge on any atom is 0.356 e. The summed E-state index contributed by atoms with van der Waals surface area (Å²) in [6, 6.07) is -0.0909. The number of carbonyl (C=O) groups is 1. The summed E-state index contributed by atoms with van der Waals surface area (Å²) in [5, 5.41) is 0. The van der Waals surface area contributed by atoms with Crippen LogP contribution in [0.3, 0.4) is 0 Å². The number of nitrogens with zero attached hydrogens (tertiary/aromatic N) is 1. The van der Waals surface area contributed by atoms with E-state index in [1.54, 1.807) is 0 Å². The molecule has 1 heterocycles. The molecule has 5 heteroatoms. The summed E-state index contributed by atoms with van der Waals surface area (Å²) in [5.74, 6) is -0.415. The van der Waals surface area contributed by atoms with Gasteiger partial charge in [0, 0.05) is 6.04 Å². The minimum atomic E-state index is -0.415. The van der Waals surface area contributed by atoms with Crippen molar-refractivity contribution >= 4 is 5.97 Å². The predicted octanol–water partition coefficient (Wildman–Crippen LogP) is 0.304. The van der Waals surface area contributed by atoms with Crippen LogP contribution < -0.4 is 5.73 Å². The molecule has 0 bridgehead atoms. The minimum absolute atomic E-state index is 0.0909. The smallest absolute Gasteiger partial charge is 0.356 e. The van der Waals surface area contributed by atoms with Crippen LogP contribution in [0.2, 0.25) is 0 Å². The number of rotatable bonds is 4. The third kappa shape index (κ3) is 2.87.